The second-order valence-corrected chi connectivity index (χ2v) is 9.00. The topological polar surface area (TPSA) is 82.9 Å². The molecule has 2 aromatic heterocycles. The lowest BCUT2D eigenvalue weighted by Gasteiger charge is -2.37. The molecule has 0 aliphatic carbocycles. The Hall–Kier alpha value is -3.36. The van der Waals surface area contributed by atoms with E-state index in [1.165, 1.54) is 5.56 Å². The monoisotopic (exact) mass is 443 g/mol. The predicted molar refractivity (Wildman–Crippen MR) is 128 cm³/mol. The van der Waals surface area contributed by atoms with Crippen LogP contribution in [0.4, 0.5) is 0 Å². The van der Waals surface area contributed by atoms with Crippen molar-refractivity contribution in [1.29, 1.82) is 0 Å². The van der Waals surface area contributed by atoms with E-state index in [-0.39, 0.29) is 11.6 Å². The minimum absolute atomic E-state index is 0.0936. The van der Waals surface area contributed by atoms with Crippen molar-refractivity contribution in [2.45, 2.75) is 26.4 Å². The van der Waals surface area contributed by atoms with E-state index < -0.39 is 0 Å². The maximum absolute atomic E-state index is 13.4. The number of hydrogen-bond donors (Lipinski definition) is 1. The molecular formula is C25H29N7O. The van der Waals surface area contributed by atoms with Gasteiger partial charge in [-0.25, -0.2) is 4.68 Å². The Labute approximate surface area is 192 Å². The van der Waals surface area contributed by atoms with E-state index in [2.05, 4.69) is 69.4 Å². The number of rotatable bonds is 5. The molecule has 8 nitrogen and oxygen atoms in total. The Bertz CT molecular complexity index is 1320. The first-order valence-electron chi connectivity index (χ1n) is 11.4. The summed E-state index contributed by atoms with van der Waals surface area (Å²) in [7, 11) is 2.12. The molecule has 8 heteroatoms. The SMILES string of the molecule is Cc1cc2cc(C(c3nnnn3Cc3ccccc3)N3CCN(C)CC3)c(=O)[nH]c2cc1C. The molecule has 1 saturated heterocycles. The van der Waals surface area contributed by atoms with Gasteiger partial charge < -0.3 is 9.88 Å². The number of nitrogens with zero attached hydrogens (tertiary/aromatic N) is 6. The van der Waals surface area contributed by atoms with Crippen molar-refractivity contribution in [3.05, 3.63) is 87.0 Å². The van der Waals surface area contributed by atoms with E-state index in [4.69, 9.17) is 0 Å². The minimum Gasteiger partial charge on any atom is -0.322 e. The van der Waals surface area contributed by atoms with E-state index in [9.17, 15) is 4.79 Å². The Balaban J connectivity index is 1.62. The van der Waals surface area contributed by atoms with Gasteiger partial charge in [-0.15, -0.1) is 5.10 Å². The molecule has 1 aliphatic rings. The smallest absolute Gasteiger partial charge is 0.253 e. The number of tetrazole rings is 1. The number of aromatic amines is 1. The summed E-state index contributed by atoms with van der Waals surface area (Å²) in [5.74, 6) is 0.692. The zero-order chi connectivity index (χ0) is 22.9. The summed E-state index contributed by atoms with van der Waals surface area (Å²) in [5.41, 5.74) is 4.91. The summed E-state index contributed by atoms with van der Waals surface area (Å²) in [6.07, 6.45) is 0. The van der Waals surface area contributed by atoms with Crippen molar-refractivity contribution in [1.82, 2.24) is 35.0 Å². The van der Waals surface area contributed by atoms with Crippen LogP contribution in [0.1, 0.15) is 34.1 Å². The van der Waals surface area contributed by atoms with Crippen molar-refractivity contribution < 1.29 is 0 Å². The van der Waals surface area contributed by atoms with Gasteiger partial charge >= 0.3 is 0 Å². The Morgan fingerprint density at radius 3 is 2.48 bits per heavy atom. The second-order valence-electron chi connectivity index (χ2n) is 9.00. The maximum atomic E-state index is 13.4. The first kappa shape index (κ1) is 21.5. The van der Waals surface area contributed by atoms with Crippen LogP contribution in [0.3, 0.4) is 0 Å². The number of nitrogens with one attached hydrogen (secondary N) is 1. The Morgan fingerprint density at radius 2 is 1.73 bits per heavy atom. The van der Waals surface area contributed by atoms with Crippen molar-refractivity contribution in [2.75, 3.05) is 33.2 Å². The second kappa shape index (κ2) is 8.88. The first-order valence-corrected chi connectivity index (χ1v) is 11.4. The van der Waals surface area contributed by atoms with Crippen LogP contribution in [0, 0.1) is 13.8 Å². The minimum atomic E-state index is -0.327. The number of hydrogen-bond acceptors (Lipinski definition) is 6. The largest absolute Gasteiger partial charge is 0.322 e. The van der Waals surface area contributed by atoms with Gasteiger partial charge in [0.05, 0.1) is 6.54 Å². The van der Waals surface area contributed by atoms with Crippen LogP contribution in [0.15, 0.2) is 53.3 Å². The molecule has 5 rings (SSSR count). The molecule has 0 amide bonds. The maximum Gasteiger partial charge on any atom is 0.253 e. The van der Waals surface area contributed by atoms with Crippen LogP contribution in [-0.2, 0) is 6.54 Å². The molecule has 0 radical (unpaired) electrons. The number of aromatic nitrogens is 5. The number of pyridine rings is 1. The molecule has 0 saturated carbocycles. The number of benzene rings is 2. The molecule has 3 heterocycles. The van der Waals surface area contributed by atoms with Crippen molar-refractivity contribution in [3.63, 3.8) is 0 Å². The number of piperazine rings is 1. The van der Waals surface area contributed by atoms with Crippen molar-refractivity contribution in [2.24, 2.45) is 0 Å². The highest BCUT2D eigenvalue weighted by molar-refractivity contribution is 5.81. The van der Waals surface area contributed by atoms with Gasteiger partial charge in [0.2, 0.25) is 0 Å². The van der Waals surface area contributed by atoms with Gasteiger partial charge in [-0.1, -0.05) is 30.3 Å². The molecule has 1 aliphatic heterocycles. The first-order chi connectivity index (χ1) is 16.0. The molecule has 4 aromatic rings. The summed E-state index contributed by atoms with van der Waals surface area (Å²) >= 11 is 0. The van der Waals surface area contributed by atoms with E-state index in [1.54, 1.807) is 0 Å². The normalized spacial score (nSPS) is 16.3. The highest BCUT2D eigenvalue weighted by Crippen LogP contribution is 2.28. The lowest BCUT2D eigenvalue weighted by molar-refractivity contribution is 0.121. The van der Waals surface area contributed by atoms with Crippen LogP contribution >= 0.6 is 0 Å². The zero-order valence-electron chi connectivity index (χ0n) is 19.3. The van der Waals surface area contributed by atoms with E-state index in [0.29, 0.717) is 17.9 Å². The fourth-order valence-electron chi connectivity index (χ4n) is 4.55. The summed E-state index contributed by atoms with van der Waals surface area (Å²) in [5, 5.41) is 13.7. The molecule has 0 bridgehead atoms. The Morgan fingerprint density at radius 1 is 1.00 bits per heavy atom. The van der Waals surface area contributed by atoms with Crippen LogP contribution < -0.4 is 5.56 Å². The van der Waals surface area contributed by atoms with Crippen LogP contribution in [0.25, 0.3) is 10.9 Å². The summed E-state index contributed by atoms with van der Waals surface area (Å²) in [4.78, 5) is 21.1. The zero-order valence-corrected chi connectivity index (χ0v) is 19.3. The summed E-state index contributed by atoms with van der Waals surface area (Å²) in [6.45, 7) is 8.25. The summed E-state index contributed by atoms with van der Waals surface area (Å²) < 4.78 is 1.82. The molecule has 0 spiro atoms. The quantitative estimate of drug-likeness (QED) is 0.510. The Kier molecular flexibility index (Phi) is 5.78. The average molecular weight is 444 g/mol. The van der Waals surface area contributed by atoms with Gasteiger partial charge in [-0.3, -0.25) is 9.69 Å². The molecule has 33 heavy (non-hydrogen) atoms. The van der Waals surface area contributed by atoms with E-state index >= 15 is 0 Å². The number of fused-ring (bicyclic) bond motifs is 1. The third-order valence-electron chi connectivity index (χ3n) is 6.66. The van der Waals surface area contributed by atoms with Crippen LogP contribution in [0.5, 0.6) is 0 Å². The van der Waals surface area contributed by atoms with Gasteiger partial charge in [0.15, 0.2) is 5.82 Å². The highest BCUT2D eigenvalue weighted by Gasteiger charge is 2.32. The van der Waals surface area contributed by atoms with Crippen molar-refractivity contribution in [3.8, 4) is 0 Å². The van der Waals surface area contributed by atoms with Gasteiger partial charge in [0.25, 0.3) is 5.56 Å². The molecular weight excluding hydrogens is 414 g/mol. The third-order valence-corrected chi connectivity index (χ3v) is 6.66. The average Bonchev–Trinajstić information content (AvgIpc) is 3.25. The fourth-order valence-corrected chi connectivity index (χ4v) is 4.55. The van der Waals surface area contributed by atoms with Crippen molar-refractivity contribution >= 4 is 10.9 Å². The van der Waals surface area contributed by atoms with Gasteiger partial charge in [-0.2, -0.15) is 0 Å². The van der Waals surface area contributed by atoms with E-state index in [1.807, 2.05) is 35.0 Å². The molecule has 2 aromatic carbocycles. The van der Waals surface area contributed by atoms with Gasteiger partial charge in [0, 0.05) is 37.3 Å². The number of H-pyrrole nitrogens is 1. The fraction of sp³-hybridized carbons (Fsp3) is 0.360. The standard InChI is InChI=1S/C25H29N7O/c1-17-13-20-15-21(25(33)26-22(20)14-18(17)2)23(31-11-9-30(3)10-12-31)24-27-28-29-32(24)16-19-7-5-4-6-8-19/h4-8,13-15,23H,9-12,16H2,1-3H3,(H,26,33). The summed E-state index contributed by atoms with van der Waals surface area (Å²) in [6, 6.07) is 16.0. The third kappa shape index (κ3) is 4.31. The van der Waals surface area contributed by atoms with Crippen LogP contribution in [0.2, 0.25) is 0 Å². The molecule has 1 atom stereocenters. The highest BCUT2D eigenvalue weighted by atomic mass is 16.1. The van der Waals surface area contributed by atoms with Crippen LogP contribution in [-0.4, -0.2) is 68.2 Å². The molecule has 1 N–H and O–H groups in total. The molecule has 1 unspecified atom stereocenters. The lowest BCUT2D eigenvalue weighted by Crippen LogP contribution is -2.47. The number of aryl methyl sites for hydroxylation is 2. The number of likely N-dealkylation sites (N-methyl/N-ethyl adjacent to an activating group) is 1. The van der Waals surface area contributed by atoms with E-state index in [0.717, 1.165) is 48.2 Å². The molecule has 1 fully saturated rings. The lowest BCUT2D eigenvalue weighted by atomic mass is 10.00. The van der Waals surface area contributed by atoms with Gasteiger partial charge in [0.1, 0.15) is 6.04 Å². The molecule has 170 valence electrons. The predicted octanol–water partition coefficient (Wildman–Crippen LogP) is 2.52. The van der Waals surface area contributed by atoms with Gasteiger partial charge in [-0.05, 0) is 71.6 Å².